The molecule has 2 aromatic heterocycles. The average molecular weight is 837 g/mol. The van der Waals surface area contributed by atoms with Crippen LogP contribution in [-0.4, -0.2) is 125 Å². The van der Waals surface area contributed by atoms with Gasteiger partial charge in [0.05, 0.1) is 67.5 Å². The van der Waals surface area contributed by atoms with E-state index in [9.17, 15) is 19.5 Å². The molecule has 61 heavy (non-hydrogen) atoms. The maximum Gasteiger partial charge on any atom is 0.407 e. The van der Waals surface area contributed by atoms with E-state index in [4.69, 9.17) is 28.9 Å². The highest BCUT2D eigenvalue weighted by atomic mass is 16.5. The van der Waals surface area contributed by atoms with Crippen molar-refractivity contribution in [1.29, 1.82) is 0 Å². The number of aliphatic hydroxyl groups excluding tert-OH is 1. The monoisotopic (exact) mass is 836 g/mol. The summed E-state index contributed by atoms with van der Waals surface area (Å²) < 4.78 is 20.6. The van der Waals surface area contributed by atoms with Gasteiger partial charge in [-0.1, -0.05) is 30.3 Å². The molecule has 2 aliphatic heterocycles. The summed E-state index contributed by atoms with van der Waals surface area (Å²) in [5.41, 5.74) is 8.82. The molecule has 16 heteroatoms. The Balaban J connectivity index is 1.04. The largest absolute Gasteiger partial charge is 0.453 e. The van der Waals surface area contributed by atoms with Crippen LogP contribution in [0.4, 0.5) is 9.59 Å². The number of imidazole rings is 2. The Morgan fingerprint density at radius 3 is 2.26 bits per heavy atom. The first-order valence-electron chi connectivity index (χ1n) is 21.2. The third kappa shape index (κ3) is 8.05. The fourth-order valence-electron chi connectivity index (χ4n) is 9.59. The highest BCUT2D eigenvalue weighted by molar-refractivity contribution is 6.05. The summed E-state index contributed by atoms with van der Waals surface area (Å²) in [6.07, 6.45) is 4.74. The number of nitrogens with one attached hydrogen (secondary N) is 4. The van der Waals surface area contributed by atoms with E-state index in [0.717, 1.165) is 95.2 Å². The molecule has 5 N–H and O–H groups in total. The predicted octanol–water partition coefficient (Wildman–Crippen LogP) is 5.90. The maximum absolute atomic E-state index is 13.8. The summed E-state index contributed by atoms with van der Waals surface area (Å²) in [6.45, 7) is 4.74. The summed E-state index contributed by atoms with van der Waals surface area (Å²) in [6, 6.07) is 13.1. The number of amides is 3. The van der Waals surface area contributed by atoms with E-state index in [2.05, 4.69) is 63.1 Å². The number of nitrogens with zero attached hydrogens (tertiary/aromatic N) is 4. The number of hydrogen-bond donors (Lipinski definition) is 5. The van der Waals surface area contributed by atoms with Crippen molar-refractivity contribution in [1.82, 2.24) is 40.4 Å². The number of benzene rings is 3. The number of aromatic nitrogens is 4. The Morgan fingerprint density at radius 1 is 0.803 bits per heavy atom. The van der Waals surface area contributed by atoms with Crippen LogP contribution in [0.25, 0.3) is 44.2 Å². The van der Waals surface area contributed by atoms with E-state index in [1.807, 2.05) is 11.1 Å². The van der Waals surface area contributed by atoms with Crippen molar-refractivity contribution in [2.45, 2.75) is 101 Å². The van der Waals surface area contributed by atoms with Crippen molar-refractivity contribution in [3.63, 3.8) is 0 Å². The summed E-state index contributed by atoms with van der Waals surface area (Å²) in [5, 5.41) is 19.1. The van der Waals surface area contributed by atoms with Crippen LogP contribution in [0.15, 0.2) is 48.7 Å². The van der Waals surface area contributed by atoms with Crippen LogP contribution in [0.3, 0.4) is 0 Å². The first-order chi connectivity index (χ1) is 29.5. The Hall–Kier alpha value is -5.55. The molecule has 324 valence electrons. The topological polar surface area (TPSA) is 196 Å². The van der Waals surface area contributed by atoms with E-state index in [-0.39, 0.29) is 18.0 Å². The van der Waals surface area contributed by atoms with E-state index in [1.165, 1.54) is 38.0 Å². The number of aromatic amines is 2. The van der Waals surface area contributed by atoms with Gasteiger partial charge in [-0.15, -0.1) is 0 Å². The van der Waals surface area contributed by atoms with Crippen molar-refractivity contribution in [3.8, 4) is 22.4 Å². The van der Waals surface area contributed by atoms with Crippen LogP contribution in [0.5, 0.6) is 0 Å². The fourth-order valence-corrected chi connectivity index (χ4v) is 9.59. The van der Waals surface area contributed by atoms with Crippen molar-refractivity contribution < 1.29 is 38.4 Å². The molecule has 8 rings (SSSR count). The van der Waals surface area contributed by atoms with Gasteiger partial charge in [-0.25, -0.2) is 19.6 Å². The van der Waals surface area contributed by atoms with Gasteiger partial charge in [0.2, 0.25) is 5.91 Å². The third-order valence-corrected chi connectivity index (χ3v) is 13.0. The number of carbonyl (C=O) groups is 3. The van der Waals surface area contributed by atoms with Crippen LogP contribution >= 0.6 is 0 Å². The summed E-state index contributed by atoms with van der Waals surface area (Å²) in [4.78, 5) is 58.9. The predicted molar refractivity (Wildman–Crippen MR) is 229 cm³/mol. The van der Waals surface area contributed by atoms with Crippen LogP contribution < -0.4 is 10.6 Å². The number of likely N-dealkylation sites (tertiary alicyclic amines) is 2. The number of carbonyl (C=O) groups excluding carboxylic acids is 3. The van der Waals surface area contributed by atoms with E-state index in [0.29, 0.717) is 13.1 Å². The molecule has 3 amide bonds. The number of aliphatic hydroxyl groups is 1. The molecule has 4 heterocycles. The van der Waals surface area contributed by atoms with Gasteiger partial charge in [-0.2, -0.15) is 0 Å². The molecule has 1 aliphatic carbocycles. The van der Waals surface area contributed by atoms with E-state index >= 15 is 0 Å². The van der Waals surface area contributed by atoms with Crippen molar-refractivity contribution in [2.75, 3.05) is 41.5 Å². The van der Waals surface area contributed by atoms with Gasteiger partial charge in [0, 0.05) is 38.3 Å². The lowest BCUT2D eigenvalue weighted by Crippen LogP contribution is -2.56. The van der Waals surface area contributed by atoms with Crippen molar-refractivity contribution in [3.05, 3.63) is 71.4 Å². The minimum Gasteiger partial charge on any atom is -0.453 e. The lowest BCUT2D eigenvalue weighted by atomic mass is 9.91. The second kappa shape index (κ2) is 17.8. The summed E-state index contributed by atoms with van der Waals surface area (Å²) in [5.74, 6) is 1.26. The minimum atomic E-state index is -1.02. The van der Waals surface area contributed by atoms with Crippen LogP contribution in [0.2, 0.25) is 0 Å². The molecule has 7 atom stereocenters. The summed E-state index contributed by atoms with van der Waals surface area (Å²) >= 11 is 0. The number of fused-ring (bicyclic) bond motifs is 4. The lowest BCUT2D eigenvalue weighted by molar-refractivity contribution is -0.137. The second-order valence-corrected chi connectivity index (χ2v) is 16.3. The fraction of sp³-hybridized carbons (Fsp3) is 0.489. The van der Waals surface area contributed by atoms with Crippen LogP contribution in [-0.2, 0) is 36.6 Å². The zero-order valence-corrected chi connectivity index (χ0v) is 35.6. The molecular formula is C45H56N8O8. The molecular weight excluding hydrogens is 781 g/mol. The number of ether oxygens (including phenoxy) is 4. The Bertz CT molecular complexity index is 2410. The van der Waals surface area contributed by atoms with Gasteiger partial charge in [0.1, 0.15) is 23.9 Å². The number of H-pyrrole nitrogens is 2. The standard InChI is InChI=1S/C45H56N8O8/c1-24(58-3)37(50-44(56)60-5)42(54)52-20-8-12-35(52)40-46-23-34(48-40)32-18-17-28(30-10-7-11-31(30)32)26-14-16-29-27(22-26)15-19-33-39(29)49-41(47-33)36-13-9-21-53(36)43(55)38(25(2)59-4)51-45(57)61-6/h14-19,22-25,35-38,43,55H,7-13,20-21H2,1-6H3,(H,46,48)(H,47,49)(H,50,56)(H,51,57)/t24-,25-,35+,36+,37+,38+,43?/m1/s1. The Kier molecular flexibility index (Phi) is 12.3. The van der Waals surface area contributed by atoms with Crippen molar-refractivity contribution >= 4 is 39.9 Å². The Morgan fingerprint density at radius 2 is 1.51 bits per heavy atom. The first-order valence-corrected chi connectivity index (χ1v) is 21.2. The van der Waals surface area contributed by atoms with Gasteiger partial charge in [0.25, 0.3) is 0 Å². The minimum absolute atomic E-state index is 0.179. The second-order valence-electron chi connectivity index (χ2n) is 16.3. The average Bonchev–Trinajstić information content (AvgIpc) is 4.14. The molecule has 5 aromatic rings. The van der Waals surface area contributed by atoms with E-state index in [1.54, 1.807) is 25.9 Å². The highest BCUT2D eigenvalue weighted by Gasteiger charge is 2.41. The van der Waals surface area contributed by atoms with Crippen molar-refractivity contribution in [2.24, 2.45) is 0 Å². The molecule has 0 saturated carbocycles. The number of alkyl carbamates (subject to hydrolysis) is 2. The molecule has 0 bridgehead atoms. The first kappa shape index (κ1) is 42.2. The SMILES string of the molecule is COC(=O)N[C@H](C(=O)N1CCC[C@H]1c1ncc(-c2ccc(-c3ccc4c(ccc5[nH]c([C@@H]6CCCN6C(O)[C@@H](NC(=O)OC)[C@@H](C)OC)nc54)c3)c3c2CCC3)[nH]1)[C@@H](C)OC. The van der Waals surface area contributed by atoms with Gasteiger partial charge in [-0.05, 0) is 98.6 Å². The van der Waals surface area contributed by atoms with Crippen LogP contribution in [0, 0.1) is 0 Å². The molecule has 0 radical (unpaired) electrons. The normalized spacial score (nSPS) is 20.3. The smallest absolute Gasteiger partial charge is 0.407 e. The molecule has 3 aromatic carbocycles. The molecule has 0 spiro atoms. The zero-order chi connectivity index (χ0) is 42.9. The Labute approximate surface area is 354 Å². The van der Waals surface area contributed by atoms with Crippen LogP contribution in [0.1, 0.15) is 80.8 Å². The van der Waals surface area contributed by atoms with Gasteiger partial charge >= 0.3 is 12.2 Å². The number of hydrogen-bond acceptors (Lipinski definition) is 11. The zero-order valence-electron chi connectivity index (χ0n) is 35.6. The molecule has 16 nitrogen and oxygen atoms in total. The molecule has 1 unspecified atom stereocenters. The highest BCUT2D eigenvalue weighted by Crippen LogP contribution is 2.41. The summed E-state index contributed by atoms with van der Waals surface area (Å²) in [7, 11) is 5.63. The third-order valence-electron chi connectivity index (χ3n) is 13.0. The lowest BCUT2D eigenvalue weighted by Gasteiger charge is -2.36. The molecule has 2 fully saturated rings. The quantitative estimate of drug-likeness (QED) is 0.0948. The van der Waals surface area contributed by atoms with E-state index < -0.39 is 42.7 Å². The van der Waals surface area contributed by atoms with Gasteiger partial charge in [-0.3, -0.25) is 9.69 Å². The maximum atomic E-state index is 13.8. The molecule has 3 aliphatic rings. The number of methoxy groups -OCH3 is 4. The molecule has 2 saturated heterocycles. The van der Waals surface area contributed by atoms with Gasteiger partial charge < -0.3 is 49.6 Å². The van der Waals surface area contributed by atoms with Gasteiger partial charge in [0.15, 0.2) is 0 Å². The number of rotatable bonds is 13.